The summed E-state index contributed by atoms with van der Waals surface area (Å²) < 4.78 is 10.7. The van der Waals surface area contributed by atoms with E-state index in [1.165, 1.54) is 11.8 Å². The van der Waals surface area contributed by atoms with Gasteiger partial charge in [-0.3, -0.25) is 4.79 Å². The Balaban J connectivity index is 2.04. The predicted molar refractivity (Wildman–Crippen MR) is 108 cm³/mol. The summed E-state index contributed by atoms with van der Waals surface area (Å²) in [4.78, 5) is 21.4. The molecule has 0 bridgehead atoms. The highest BCUT2D eigenvalue weighted by Gasteiger charge is 2.16. The van der Waals surface area contributed by atoms with Crippen LogP contribution >= 0.6 is 11.8 Å². The Morgan fingerprint density at radius 2 is 1.85 bits per heavy atom. The van der Waals surface area contributed by atoms with E-state index in [9.17, 15) is 4.79 Å². The molecule has 0 aliphatic carbocycles. The average Bonchev–Trinajstić information content (AvgIpc) is 2.66. The highest BCUT2D eigenvalue weighted by Crippen LogP contribution is 2.29. The van der Waals surface area contributed by atoms with Crippen molar-refractivity contribution in [2.45, 2.75) is 44.8 Å². The number of carbonyl (C=O) groups is 1. The average molecular weight is 390 g/mol. The lowest BCUT2D eigenvalue weighted by Crippen LogP contribution is -2.27. The third-order valence-corrected chi connectivity index (χ3v) is 5.01. The van der Waals surface area contributed by atoms with Crippen LogP contribution in [0.3, 0.4) is 0 Å². The molecule has 1 aromatic carbocycles. The maximum Gasteiger partial charge on any atom is 0.220 e. The number of hydrogen-bond donors (Lipinski definition) is 1. The lowest BCUT2D eigenvalue weighted by atomic mass is 10.0. The molecule has 0 saturated carbocycles. The fraction of sp³-hybridized carbons (Fsp3) is 0.450. The number of methoxy groups -OCH3 is 2. The van der Waals surface area contributed by atoms with Gasteiger partial charge >= 0.3 is 0 Å². The molecule has 1 atom stereocenters. The molecule has 0 aliphatic heterocycles. The van der Waals surface area contributed by atoms with Crippen LogP contribution in [-0.4, -0.2) is 36.4 Å². The molecule has 1 N–H and O–H groups in total. The van der Waals surface area contributed by atoms with Crippen molar-refractivity contribution < 1.29 is 14.3 Å². The van der Waals surface area contributed by atoms with Crippen molar-refractivity contribution >= 4 is 17.7 Å². The van der Waals surface area contributed by atoms with Gasteiger partial charge in [-0.15, -0.1) is 0 Å². The summed E-state index contributed by atoms with van der Waals surface area (Å²) in [6, 6.07) is 5.36. The van der Waals surface area contributed by atoms with Crippen molar-refractivity contribution in [3.8, 4) is 11.5 Å². The number of rotatable bonds is 8. The number of amides is 1. The number of aryl methyl sites for hydroxylation is 2. The summed E-state index contributed by atoms with van der Waals surface area (Å²) in [5, 5.41) is 3.80. The Morgan fingerprint density at radius 3 is 2.41 bits per heavy atom. The molecule has 1 heterocycles. The van der Waals surface area contributed by atoms with Crippen LogP contribution in [0, 0.1) is 13.8 Å². The van der Waals surface area contributed by atoms with Gasteiger partial charge in [0.2, 0.25) is 5.91 Å². The Bertz CT molecular complexity index is 788. The van der Waals surface area contributed by atoms with E-state index in [1.807, 2.05) is 45.2 Å². The minimum absolute atomic E-state index is 0.0277. The smallest absolute Gasteiger partial charge is 0.220 e. The van der Waals surface area contributed by atoms with E-state index >= 15 is 0 Å². The van der Waals surface area contributed by atoms with Crippen molar-refractivity contribution in [3.05, 3.63) is 40.7 Å². The van der Waals surface area contributed by atoms with E-state index < -0.39 is 0 Å². The van der Waals surface area contributed by atoms with Crippen LogP contribution < -0.4 is 14.8 Å². The zero-order valence-corrected chi connectivity index (χ0v) is 17.6. The molecule has 1 aromatic heterocycles. The van der Waals surface area contributed by atoms with Gasteiger partial charge < -0.3 is 14.8 Å². The minimum Gasteiger partial charge on any atom is -0.497 e. The highest BCUT2D eigenvalue weighted by molar-refractivity contribution is 7.98. The summed E-state index contributed by atoms with van der Waals surface area (Å²) >= 11 is 1.52. The summed E-state index contributed by atoms with van der Waals surface area (Å²) in [5.41, 5.74) is 3.78. The number of hydrogen-bond acceptors (Lipinski definition) is 6. The third-order valence-electron chi connectivity index (χ3n) is 4.47. The molecule has 0 spiro atoms. The second-order valence-electron chi connectivity index (χ2n) is 6.26. The quantitative estimate of drug-likeness (QED) is 0.549. The van der Waals surface area contributed by atoms with E-state index in [1.54, 1.807) is 14.2 Å². The van der Waals surface area contributed by atoms with Crippen molar-refractivity contribution in [1.29, 1.82) is 0 Å². The summed E-state index contributed by atoms with van der Waals surface area (Å²) in [5.74, 6) is 1.42. The largest absolute Gasteiger partial charge is 0.497 e. The number of ether oxygens (including phenoxy) is 2. The molecule has 2 rings (SSSR count). The van der Waals surface area contributed by atoms with E-state index in [4.69, 9.17) is 9.47 Å². The van der Waals surface area contributed by atoms with Gasteiger partial charge in [0.25, 0.3) is 0 Å². The van der Waals surface area contributed by atoms with Gasteiger partial charge in [-0.1, -0.05) is 11.8 Å². The Kier molecular flexibility index (Phi) is 7.47. The first-order valence-corrected chi connectivity index (χ1v) is 10.0. The first-order valence-electron chi connectivity index (χ1n) is 8.79. The fourth-order valence-electron chi connectivity index (χ4n) is 2.97. The van der Waals surface area contributed by atoms with Crippen molar-refractivity contribution in [1.82, 2.24) is 15.3 Å². The Labute approximate surface area is 165 Å². The van der Waals surface area contributed by atoms with E-state index in [0.29, 0.717) is 12.8 Å². The van der Waals surface area contributed by atoms with Crippen LogP contribution in [0.15, 0.2) is 23.4 Å². The van der Waals surface area contributed by atoms with Gasteiger partial charge in [0, 0.05) is 23.4 Å². The van der Waals surface area contributed by atoms with Crippen LogP contribution in [0.5, 0.6) is 11.5 Å². The zero-order valence-electron chi connectivity index (χ0n) is 16.8. The van der Waals surface area contributed by atoms with Gasteiger partial charge in [0.15, 0.2) is 5.16 Å². The molecule has 7 heteroatoms. The predicted octanol–water partition coefficient (Wildman–Crippen LogP) is 3.64. The number of benzene rings is 1. The number of nitrogens with one attached hydrogen (secondary N) is 1. The number of aromatic nitrogens is 2. The number of thioether (sulfide) groups is 1. The Morgan fingerprint density at radius 1 is 1.19 bits per heavy atom. The van der Waals surface area contributed by atoms with Gasteiger partial charge in [-0.25, -0.2) is 9.97 Å². The van der Waals surface area contributed by atoms with Crippen LogP contribution in [0.25, 0.3) is 0 Å². The minimum atomic E-state index is -0.195. The molecule has 2 aromatic rings. The first-order chi connectivity index (χ1) is 12.9. The van der Waals surface area contributed by atoms with Crippen molar-refractivity contribution in [2.24, 2.45) is 0 Å². The number of nitrogens with zero attached hydrogens (tertiary/aromatic N) is 2. The second kappa shape index (κ2) is 9.60. The normalized spacial score (nSPS) is 11.8. The van der Waals surface area contributed by atoms with Crippen molar-refractivity contribution in [2.75, 3.05) is 20.5 Å². The van der Waals surface area contributed by atoms with E-state index in [0.717, 1.165) is 39.2 Å². The molecule has 27 heavy (non-hydrogen) atoms. The number of carbonyl (C=O) groups excluding carboxylic acids is 1. The molecule has 0 saturated heterocycles. The lowest BCUT2D eigenvalue weighted by Gasteiger charge is -2.18. The highest BCUT2D eigenvalue weighted by atomic mass is 32.2. The van der Waals surface area contributed by atoms with Crippen LogP contribution in [-0.2, 0) is 11.2 Å². The molecule has 0 radical (unpaired) electrons. The Hall–Kier alpha value is -2.28. The maximum absolute atomic E-state index is 12.5. The van der Waals surface area contributed by atoms with Crippen LogP contribution in [0.4, 0.5) is 0 Å². The van der Waals surface area contributed by atoms with Crippen molar-refractivity contribution in [3.63, 3.8) is 0 Å². The summed E-state index contributed by atoms with van der Waals surface area (Å²) in [6.07, 6.45) is 2.94. The summed E-state index contributed by atoms with van der Waals surface area (Å²) in [6.45, 7) is 5.86. The molecule has 146 valence electrons. The fourth-order valence-corrected chi connectivity index (χ4v) is 3.43. The van der Waals surface area contributed by atoms with E-state index in [-0.39, 0.29) is 11.9 Å². The third kappa shape index (κ3) is 5.35. The molecule has 0 aliphatic rings. The first kappa shape index (κ1) is 21.0. The van der Waals surface area contributed by atoms with Gasteiger partial charge in [-0.2, -0.15) is 0 Å². The second-order valence-corrected chi connectivity index (χ2v) is 7.03. The molecule has 6 nitrogen and oxygen atoms in total. The summed E-state index contributed by atoms with van der Waals surface area (Å²) in [7, 11) is 3.23. The maximum atomic E-state index is 12.5. The monoisotopic (exact) mass is 389 g/mol. The lowest BCUT2D eigenvalue weighted by molar-refractivity contribution is -0.121. The SMILES string of the molecule is COc1ccc(OC)c(C(C)NC(=O)CCc2c(C)nc(SC)nc2C)c1. The topological polar surface area (TPSA) is 73.3 Å². The zero-order chi connectivity index (χ0) is 20.0. The molecule has 1 amide bonds. The van der Waals surface area contributed by atoms with Gasteiger partial charge in [0.1, 0.15) is 11.5 Å². The van der Waals surface area contributed by atoms with Gasteiger partial charge in [-0.05, 0) is 57.2 Å². The van der Waals surface area contributed by atoms with Crippen LogP contribution in [0.2, 0.25) is 0 Å². The van der Waals surface area contributed by atoms with E-state index in [2.05, 4.69) is 15.3 Å². The molecular weight excluding hydrogens is 362 g/mol. The molecular formula is C20H27N3O3S. The van der Waals surface area contributed by atoms with Crippen LogP contribution in [0.1, 0.15) is 41.9 Å². The molecule has 1 unspecified atom stereocenters. The van der Waals surface area contributed by atoms with Gasteiger partial charge in [0.05, 0.1) is 20.3 Å². The standard InChI is InChI=1S/C20H27N3O3S/c1-12-16(13(2)23-20(22-12)27-6)8-10-19(24)21-14(3)17-11-15(25-4)7-9-18(17)26-5/h7,9,11,14H,8,10H2,1-6H3,(H,21,24). The molecule has 0 fully saturated rings.